The van der Waals surface area contributed by atoms with Crippen LogP contribution in [-0.4, -0.2) is 59.2 Å². The van der Waals surface area contributed by atoms with E-state index in [9.17, 15) is 14.4 Å². The van der Waals surface area contributed by atoms with Crippen LogP contribution in [0.25, 0.3) is 0 Å². The maximum atomic E-state index is 12.2. The Morgan fingerprint density at radius 3 is 2.45 bits per heavy atom. The first-order valence-corrected chi connectivity index (χ1v) is 9.79. The molecule has 0 atom stereocenters. The zero-order valence-electron chi connectivity index (χ0n) is 17.7. The normalized spacial score (nSPS) is 14.9. The van der Waals surface area contributed by atoms with Gasteiger partial charge in [0, 0.05) is 24.8 Å². The molecule has 160 valence electrons. The number of nitrogens with one attached hydrogen (secondary N) is 2. The van der Waals surface area contributed by atoms with Gasteiger partial charge in [-0.1, -0.05) is 0 Å². The number of hydrogen-bond acceptors (Lipinski definition) is 7. The lowest BCUT2D eigenvalue weighted by Gasteiger charge is -2.34. The number of esters is 1. The van der Waals surface area contributed by atoms with Crippen molar-refractivity contribution < 1.29 is 23.9 Å². The van der Waals surface area contributed by atoms with Gasteiger partial charge in [0.1, 0.15) is 11.4 Å². The fourth-order valence-corrected chi connectivity index (χ4v) is 2.86. The number of ether oxygens (including phenoxy) is 2. The van der Waals surface area contributed by atoms with Crippen molar-refractivity contribution in [2.75, 3.05) is 30.3 Å². The fourth-order valence-electron chi connectivity index (χ4n) is 2.86. The monoisotopic (exact) mass is 406 g/mol. The highest BCUT2D eigenvalue weighted by Crippen LogP contribution is 2.24. The minimum absolute atomic E-state index is 0.0706. The van der Waals surface area contributed by atoms with Crippen molar-refractivity contribution in [2.45, 2.75) is 59.1 Å². The molecule has 29 heavy (non-hydrogen) atoms. The molecule has 1 fully saturated rings. The summed E-state index contributed by atoms with van der Waals surface area (Å²) in [5.74, 6) is -1.30. The molecule has 1 aliphatic rings. The van der Waals surface area contributed by atoms with Crippen molar-refractivity contribution in [2.24, 2.45) is 0 Å². The SMILES string of the molecule is CCOC(=O)C(=O)Nc1ccc(C)nc1NC1CCN(C(=O)OC(C)(C)C)CC1. The highest BCUT2D eigenvalue weighted by Gasteiger charge is 2.27. The largest absolute Gasteiger partial charge is 0.459 e. The zero-order valence-corrected chi connectivity index (χ0v) is 17.7. The molecule has 0 spiro atoms. The van der Waals surface area contributed by atoms with Gasteiger partial charge in [-0.2, -0.15) is 0 Å². The molecule has 1 aromatic heterocycles. The Balaban J connectivity index is 1.98. The molecule has 9 nitrogen and oxygen atoms in total. The van der Waals surface area contributed by atoms with Gasteiger partial charge in [0.05, 0.1) is 12.3 Å². The quantitative estimate of drug-likeness (QED) is 0.584. The minimum atomic E-state index is -0.940. The van der Waals surface area contributed by atoms with Crippen molar-refractivity contribution in [3.63, 3.8) is 0 Å². The predicted octanol–water partition coefficient (Wildman–Crippen LogP) is 2.70. The summed E-state index contributed by atoms with van der Waals surface area (Å²) >= 11 is 0. The van der Waals surface area contributed by atoms with Crippen molar-refractivity contribution >= 4 is 29.5 Å². The Morgan fingerprint density at radius 1 is 1.21 bits per heavy atom. The van der Waals surface area contributed by atoms with E-state index < -0.39 is 17.5 Å². The summed E-state index contributed by atoms with van der Waals surface area (Å²) in [7, 11) is 0. The third-order valence-corrected chi connectivity index (χ3v) is 4.23. The number of aromatic nitrogens is 1. The van der Waals surface area contributed by atoms with Crippen molar-refractivity contribution in [3.8, 4) is 0 Å². The molecule has 0 aliphatic carbocycles. The van der Waals surface area contributed by atoms with E-state index >= 15 is 0 Å². The van der Waals surface area contributed by atoms with Gasteiger partial charge in [-0.25, -0.2) is 14.6 Å². The van der Waals surface area contributed by atoms with Crippen LogP contribution in [0.5, 0.6) is 0 Å². The van der Waals surface area contributed by atoms with Crippen LogP contribution in [0.2, 0.25) is 0 Å². The third kappa shape index (κ3) is 6.92. The average Bonchev–Trinajstić information content (AvgIpc) is 2.63. The van der Waals surface area contributed by atoms with Crippen LogP contribution in [0.3, 0.4) is 0 Å². The molecule has 2 heterocycles. The van der Waals surface area contributed by atoms with E-state index in [0.717, 1.165) is 5.69 Å². The molecule has 1 aliphatic heterocycles. The van der Waals surface area contributed by atoms with Gasteiger partial charge in [-0.3, -0.25) is 4.79 Å². The van der Waals surface area contributed by atoms with Gasteiger partial charge in [-0.15, -0.1) is 0 Å². The van der Waals surface area contributed by atoms with E-state index in [4.69, 9.17) is 9.47 Å². The Hall–Kier alpha value is -2.84. The van der Waals surface area contributed by atoms with Gasteiger partial charge >= 0.3 is 18.0 Å². The standard InChI is InChI=1S/C20H30N4O5/c1-6-28-18(26)17(25)23-15-8-7-13(2)21-16(15)22-14-9-11-24(12-10-14)19(27)29-20(3,4)5/h7-8,14H,6,9-12H2,1-5H3,(H,21,22)(H,23,25). The summed E-state index contributed by atoms with van der Waals surface area (Å²) in [6, 6.07) is 3.51. The first-order chi connectivity index (χ1) is 13.6. The maximum Gasteiger partial charge on any atom is 0.410 e. The lowest BCUT2D eigenvalue weighted by atomic mass is 10.1. The second-order valence-corrected chi connectivity index (χ2v) is 7.91. The van der Waals surface area contributed by atoms with Crippen molar-refractivity contribution in [1.82, 2.24) is 9.88 Å². The van der Waals surface area contributed by atoms with Crippen LogP contribution in [-0.2, 0) is 19.1 Å². The smallest absolute Gasteiger partial charge is 0.410 e. The zero-order chi connectivity index (χ0) is 21.6. The number of rotatable bonds is 4. The Labute approximate surface area is 171 Å². The fraction of sp³-hybridized carbons (Fsp3) is 0.600. The number of nitrogens with zero attached hydrogens (tertiary/aromatic N) is 2. The summed E-state index contributed by atoms with van der Waals surface area (Å²) in [6.07, 6.45) is 1.10. The van der Waals surface area contributed by atoms with Crippen LogP contribution in [0.4, 0.5) is 16.3 Å². The van der Waals surface area contributed by atoms with Crippen LogP contribution in [0.1, 0.15) is 46.2 Å². The van der Waals surface area contributed by atoms with Crippen LogP contribution >= 0.6 is 0 Å². The van der Waals surface area contributed by atoms with Crippen molar-refractivity contribution in [1.29, 1.82) is 0 Å². The second-order valence-electron chi connectivity index (χ2n) is 7.91. The summed E-state index contributed by atoms with van der Waals surface area (Å²) in [5.41, 5.74) is 0.653. The number of hydrogen-bond donors (Lipinski definition) is 2. The number of carbonyl (C=O) groups is 3. The summed E-state index contributed by atoms with van der Waals surface area (Å²) < 4.78 is 10.1. The molecule has 2 N–H and O–H groups in total. The second kappa shape index (κ2) is 9.58. The van der Waals surface area contributed by atoms with E-state index in [-0.39, 0.29) is 18.7 Å². The number of carbonyl (C=O) groups excluding carboxylic acids is 3. The summed E-state index contributed by atoms with van der Waals surface area (Å²) in [6.45, 7) is 10.2. The van der Waals surface area contributed by atoms with Gasteiger partial charge in [0.25, 0.3) is 0 Å². The molecular formula is C20H30N4O5. The van der Waals surface area contributed by atoms with Gasteiger partial charge in [0.15, 0.2) is 0 Å². The Kier molecular flexibility index (Phi) is 7.41. The van der Waals surface area contributed by atoms with E-state index in [1.807, 2.05) is 27.7 Å². The molecule has 9 heteroatoms. The first kappa shape index (κ1) is 22.4. The lowest BCUT2D eigenvalue weighted by Crippen LogP contribution is -2.44. The molecule has 1 aromatic rings. The van der Waals surface area contributed by atoms with E-state index in [0.29, 0.717) is 37.4 Å². The van der Waals surface area contributed by atoms with Crippen LogP contribution in [0.15, 0.2) is 12.1 Å². The summed E-state index contributed by atoms with van der Waals surface area (Å²) in [4.78, 5) is 41.9. The number of piperidine rings is 1. The van der Waals surface area contributed by atoms with Gasteiger partial charge < -0.3 is 25.0 Å². The number of pyridine rings is 1. The number of aryl methyl sites for hydroxylation is 1. The number of likely N-dealkylation sites (tertiary alicyclic amines) is 1. The van der Waals surface area contributed by atoms with Crippen LogP contribution < -0.4 is 10.6 Å². The number of amides is 2. The summed E-state index contributed by atoms with van der Waals surface area (Å²) in [5, 5.41) is 5.86. The molecule has 0 radical (unpaired) electrons. The van der Waals surface area contributed by atoms with E-state index in [2.05, 4.69) is 15.6 Å². The highest BCUT2D eigenvalue weighted by atomic mass is 16.6. The molecule has 1 saturated heterocycles. The molecule has 0 bridgehead atoms. The predicted molar refractivity (Wildman–Crippen MR) is 109 cm³/mol. The molecule has 2 amide bonds. The van der Waals surface area contributed by atoms with Gasteiger partial charge in [0.2, 0.25) is 0 Å². The Bertz CT molecular complexity index is 752. The van der Waals surface area contributed by atoms with Gasteiger partial charge in [-0.05, 0) is 59.6 Å². The molecular weight excluding hydrogens is 376 g/mol. The molecule has 0 unspecified atom stereocenters. The van der Waals surface area contributed by atoms with Crippen molar-refractivity contribution in [3.05, 3.63) is 17.8 Å². The molecule has 2 rings (SSSR count). The third-order valence-electron chi connectivity index (χ3n) is 4.23. The first-order valence-electron chi connectivity index (χ1n) is 9.79. The Morgan fingerprint density at radius 2 is 1.86 bits per heavy atom. The van der Waals surface area contributed by atoms with E-state index in [1.54, 1.807) is 24.0 Å². The topological polar surface area (TPSA) is 110 Å². The number of anilines is 2. The molecule has 0 saturated carbocycles. The van der Waals surface area contributed by atoms with E-state index in [1.165, 1.54) is 0 Å². The minimum Gasteiger partial charge on any atom is -0.459 e. The average molecular weight is 406 g/mol. The molecule has 0 aromatic carbocycles. The highest BCUT2D eigenvalue weighted by molar-refractivity contribution is 6.37. The maximum absolute atomic E-state index is 12.2. The van der Waals surface area contributed by atoms with Crippen LogP contribution in [0, 0.1) is 6.92 Å². The lowest BCUT2D eigenvalue weighted by molar-refractivity contribution is -0.152.